The molecule has 1 saturated heterocycles. The molecule has 2 aromatic carbocycles. The zero-order valence-corrected chi connectivity index (χ0v) is 17.5. The molecule has 1 atom stereocenters. The lowest BCUT2D eigenvalue weighted by Crippen LogP contribution is -2.37. The van der Waals surface area contributed by atoms with E-state index < -0.39 is 6.10 Å². The first kappa shape index (κ1) is 18.0. The Morgan fingerprint density at radius 2 is 1.58 bits per heavy atom. The molecule has 2 amide bonds. The van der Waals surface area contributed by atoms with E-state index in [0.717, 1.165) is 47.4 Å². The number of aromatic nitrogens is 1. The number of aliphatic hydroxyl groups excluding tert-OH is 1. The zero-order valence-electron chi connectivity index (χ0n) is 13.5. The monoisotopic (exact) mass is 496 g/mol. The predicted octanol–water partition coefficient (Wildman–Crippen LogP) is 4.38. The molecule has 1 aliphatic rings. The molecule has 3 aromatic rings. The Balaban J connectivity index is 1.73. The van der Waals surface area contributed by atoms with Gasteiger partial charge in [0.15, 0.2) is 0 Å². The van der Waals surface area contributed by atoms with Crippen molar-refractivity contribution in [2.75, 3.05) is 12.3 Å². The van der Waals surface area contributed by atoms with Gasteiger partial charge in [-0.3, -0.25) is 14.5 Å². The third-order valence-electron chi connectivity index (χ3n) is 4.42. The standard InChI is InChI=1S/C18H14Br2N2O3S/c19-10-1-3-15-13(5-10)14-6-11(20)2-4-16(14)21(15)7-12(23)8-22-17(24)9-26-18(22)25/h1-6,12,23H,7-9H2. The molecule has 0 radical (unpaired) electrons. The highest BCUT2D eigenvalue weighted by Crippen LogP contribution is 2.33. The molecule has 134 valence electrons. The van der Waals surface area contributed by atoms with Crippen molar-refractivity contribution in [1.29, 1.82) is 0 Å². The summed E-state index contributed by atoms with van der Waals surface area (Å²) in [4.78, 5) is 24.7. The summed E-state index contributed by atoms with van der Waals surface area (Å²) in [5.41, 5.74) is 1.99. The van der Waals surface area contributed by atoms with Gasteiger partial charge in [0.2, 0.25) is 5.91 Å². The number of imide groups is 1. The fourth-order valence-corrected chi connectivity index (χ4v) is 4.74. The number of benzene rings is 2. The fourth-order valence-electron chi connectivity index (χ4n) is 3.28. The van der Waals surface area contributed by atoms with Gasteiger partial charge in [0.1, 0.15) is 0 Å². The van der Waals surface area contributed by atoms with Gasteiger partial charge in [-0.25, -0.2) is 0 Å². The Hall–Kier alpha value is -1.35. The van der Waals surface area contributed by atoms with Crippen molar-refractivity contribution >= 4 is 76.6 Å². The summed E-state index contributed by atoms with van der Waals surface area (Å²) >= 11 is 8.01. The van der Waals surface area contributed by atoms with Crippen LogP contribution in [0.2, 0.25) is 0 Å². The number of carbonyl (C=O) groups excluding carboxylic acids is 2. The first-order chi connectivity index (χ1) is 12.4. The topological polar surface area (TPSA) is 62.5 Å². The zero-order chi connectivity index (χ0) is 18.4. The van der Waals surface area contributed by atoms with Gasteiger partial charge in [-0.15, -0.1) is 0 Å². The van der Waals surface area contributed by atoms with Gasteiger partial charge in [0.05, 0.1) is 24.9 Å². The van der Waals surface area contributed by atoms with E-state index in [4.69, 9.17) is 0 Å². The van der Waals surface area contributed by atoms with Crippen molar-refractivity contribution in [1.82, 2.24) is 9.47 Å². The van der Waals surface area contributed by atoms with Gasteiger partial charge in [0.25, 0.3) is 5.24 Å². The van der Waals surface area contributed by atoms with Crippen LogP contribution in [0, 0.1) is 0 Å². The number of nitrogens with zero attached hydrogens (tertiary/aromatic N) is 2. The summed E-state index contributed by atoms with van der Waals surface area (Å²) in [5, 5.41) is 12.4. The molecular weight excluding hydrogens is 484 g/mol. The van der Waals surface area contributed by atoms with Gasteiger partial charge in [-0.05, 0) is 36.4 Å². The molecule has 1 N–H and O–H groups in total. The number of amides is 2. The Kier molecular flexibility index (Phi) is 4.85. The molecule has 26 heavy (non-hydrogen) atoms. The average Bonchev–Trinajstić information content (AvgIpc) is 3.07. The highest BCUT2D eigenvalue weighted by Gasteiger charge is 2.31. The van der Waals surface area contributed by atoms with E-state index in [0.29, 0.717) is 6.54 Å². The maximum Gasteiger partial charge on any atom is 0.288 e. The maximum absolute atomic E-state index is 11.8. The Morgan fingerprint density at radius 3 is 2.08 bits per heavy atom. The summed E-state index contributed by atoms with van der Waals surface area (Å²) in [7, 11) is 0. The number of β-amino-alcohol motifs (C(OH)–C–C–N with tert-alkyl or cyclic N) is 1. The molecule has 0 saturated carbocycles. The highest BCUT2D eigenvalue weighted by atomic mass is 79.9. The lowest BCUT2D eigenvalue weighted by Gasteiger charge is -2.19. The summed E-state index contributed by atoms with van der Waals surface area (Å²) in [5.74, 6) is -0.0858. The second-order valence-corrected chi connectivity index (χ2v) is 8.90. The third kappa shape index (κ3) is 3.19. The van der Waals surface area contributed by atoms with Crippen LogP contribution in [-0.4, -0.2) is 44.1 Å². The molecule has 0 aliphatic carbocycles. The lowest BCUT2D eigenvalue weighted by atomic mass is 10.2. The molecule has 2 heterocycles. The summed E-state index contributed by atoms with van der Waals surface area (Å²) in [6, 6.07) is 12.0. The number of fused-ring (bicyclic) bond motifs is 3. The van der Waals surface area contributed by atoms with Crippen molar-refractivity contribution in [3.8, 4) is 0 Å². The van der Waals surface area contributed by atoms with Crippen LogP contribution >= 0.6 is 43.6 Å². The second kappa shape index (κ2) is 6.99. The minimum atomic E-state index is -0.840. The van der Waals surface area contributed by atoms with E-state index in [2.05, 4.69) is 44.0 Å². The molecule has 1 aromatic heterocycles. The Morgan fingerprint density at radius 1 is 1.00 bits per heavy atom. The SMILES string of the molecule is O=C1CSC(=O)N1CC(O)Cn1c2ccc(Br)cc2c2cc(Br)ccc21. The number of hydrogen-bond acceptors (Lipinski definition) is 4. The smallest absolute Gasteiger partial charge is 0.288 e. The normalized spacial score (nSPS) is 16.2. The predicted molar refractivity (Wildman–Crippen MR) is 110 cm³/mol. The quantitative estimate of drug-likeness (QED) is 0.581. The molecule has 4 rings (SSSR count). The molecule has 0 spiro atoms. The van der Waals surface area contributed by atoms with Gasteiger partial charge in [-0.2, -0.15) is 0 Å². The number of halogens is 2. The van der Waals surface area contributed by atoms with Crippen LogP contribution in [0.1, 0.15) is 0 Å². The van der Waals surface area contributed by atoms with Crippen LogP contribution in [0.4, 0.5) is 4.79 Å². The van der Waals surface area contributed by atoms with Gasteiger partial charge < -0.3 is 9.67 Å². The largest absolute Gasteiger partial charge is 0.389 e. The lowest BCUT2D eigenvalue weighted by molar-refractivity contribution is -0.125. The number of carbonyl (C=O) groups is 2. The van der Waals surface area contributed by atoms with E-state index in [1.807, 2.05) is 28.8 Å². The molecule has 0 bridgehead atoms. The van der Waals surface area contributed by atoms with Crippen LogP contribution in [0.3, 0.4) is 0 Å². The van der Waals surface area contributed by atoms with Crippen LogP contribution in [0.15, 0.2) is 45.3 Å². The van der Waals surface area contributed by atoms with Crippen LogP contribution < -0.4 is 0 Å². The number of aliphatic hydroxyl groups is 1. The van der Waals surface area contributed by atoms with Crippen LogP contribution in [0.25, 0.3) is 21.8 Å². The highest BCUT2D eigenvalue weighted by molar-refractivity contribution is 9.10. The average molecular weight is 498 g/mol. The van der Waals surface area contributed by atoms with Gasteiger partial charge in [-0.1, -0.05) is 43.6 Å². The Labute approximate surface area is 170 Å². The van der Waals surface area contributed by atoms with E-state index in [9.17, 15) is 14.7 Å². The fraction of sp³-hybridized carbons (Fsp3) is 0.222. The molecule has 1 fully saturated rings. The molecule has 1 aliphatic heterocycles. The molecule has 1 unspecified atom stereocenters. The summed E-state index contributed by atoms with van der Waals surface area (Å²) in [6.45, 7) is 0.309. The minimum absolute atomic E-state index is 0.0128. The number of hydrogen-bond donors (Lipinski definition) is 1. The maximum atomic E-state index is 11.8. The second-order valence-electron chi connectivity index (χ2n) is 6.15. The van der Waals surface area contributed by atoms with Gasteiger partial charge in [0, 0.05) is 30.8 Å². The molecule has 5 nitrogen and oxygen atoms in total. The minimum Gasteiger partial charge on any atom is -0.389 e. The van der Waals surface area contributed by atoms with E-state index in [-0.39, 0.29) is 23.4 Å². The van der Waals surface area contributed by atoms with E-state index in [1.54, 1.807) is 0 Å². The van der Waals surface area contributed by atoms with Gasteiger partial charge >= 0.3 is 0 Å². The first-order valence-electron chi connectivity index (χ1n) is 7.96. The third-order valence-corrected chi connectivity index (χ3v) is 6.26. The van der Waals surface area contributed by atoms with Crippen LogP contribution in [0.5, 0.6) is 0 Å². The molecular formula is C18H14Br2N2O3S. The van der Waals surface area contributed by atoms with Crippen molar-refractivity contribution in [2.45, 2.75) is 12.6 Å². The van der Waals surface area contributed by atoms with Crippen molar-refractivity contribution in [2.24, 2.45) is 0 Å². The van der Waals surface area contributed by atoms with Crippen molar-refractivity contribution < 1.29 is 14.7 Å². The van der Waals surface area contributed by atoms with E-state index in [1.165, 1.54) is 0 Å². The van der Waals surface area contributed by atoms with Crippen molar-refractivity contribution in [3.05, 3.63) is 45.3 Å². The van der Waals surface area contributed by atoms with Crippen LogP contribution in [-0.2, 0) is 11.3 Å². The molecule has 8 heteroatoms. The number of rotatable bonds is 4. The first-order valence-corrected chi connectivity index (χ1v) is 10.5. The summed E-state index contributed by atoms with van der Waals surface area (Å²) in [6.07, 6.45) is -0.840. The van der Waals surface area contributed by atoms with E-state index >= 15 is 0 Å². The van der Waals surface area contributed by atoms with Crippen molar-refractivity contribution in [3.63, 3.8) is 0 Å². The summed E-state index contributed by atoms with van der Waals surface area (Å²) < 4.78 is 4.00. The number of thioether (sulfide) groups is 1. The Bertz CT molecular complexity index is 975.